The summed E-state index contributed by atoms with van der Waals surface area (Å²) >= 11 is 0. The Hall–Kier alpha value is -2.02. The zero-order valence-corrected chi connectivity index (χ0v) is 12.9. The summed E-state index contributed by atoms with van der Waals surface area (Å²) in [6.07, 6.45) is 8.59. The fourth-order valence-electron chi connectivity index (χ4n) is 2.72. The highest BCUT2D eigenvalue weighted by Gasteiger charge is 2.18. The molecule has 22 heavy (non-hydrogen) atoms. The number of aromatic nitrogens is 2. The van der Waals surface area contributed by atoms with Crippen molar-refractivity contribution in [2.45, 2.75) is 38.1 Å². The molecule has 0 aliphatic heterocycles. The zero-order chi connectivity index (χ0) is 15.9. The molecule has 1 aromatic heterocycles. The second kappa shape index (κ2) is 7.84. The Labute approximate surface area is 130 Å². The predicted octanol–water partition coefficient (Wildman–Crippen LogP) is 0.570. The Kier molecular flexibility index (Phi) is 5.83. The molecule has 0 radical (unpaired) electrons. The minimum absolute atomic E-state index is 0.0507. The summed E-state index contributed by atoms with van der Waals surface area (Å²) in [5, 5.41) is 2.81. The van der Waals surface area contributed by atoms with E-state index in [0.717, 1.165) is 13.0 Å². The van der Waals surface area contributed by atoms with Crippen LogP contribution in [0.1, 0.15) is 53.1 Å². The largest absolute Gasteiger partial charge is 0.364 e. The van der Waals surface area contributed by atoms with E-state index < -0.39 is 5.91 Å². The lowest BCUT2D eigenvalue weighted by Crippen LogP contribution is -2.33. The lowest BCUT2D eigenvalue weighted by molar-refractivity contribution is 0.0942. The smallest absolute Gasteiger partial charge is 0.271 e. The van der Waals surface area contributed by atoms with Crippen LogP contribution in [0, 0.1) is 0 Å². The molecule has 0 bridgehead atoms. The summed E-state index contributed by atoms with van der Waals surface area (Å²) < 4.78 is 0. The topological polar surface area (TPSA) is 101 Å². The summed E-state index contributed by atoms with van der Waals surface area (Å²) in [6, 6.07) is 0.697. The first-order valence-electron chi connectivity index (χ1n) is 7.68. The summed E-state index contributed by atoms with van der Waals surface area (Å²) in [5.74, 6) is -0.943. The number of primary amides is 1. The Morgan fingerprint density at radius 3 is 2.50 bits per heavy atom. The molecule has 2 rings (SSSR count). The van der Waals surface area contributed by atoms with E-state index in [1.807, 2.05) is 0 Å². The molecule has 0 aromatic carbocycles. The monoisotopic (exact) mass is 305 g/mol. The van der Waals surface area contributed by atoms with E-state index in [4.69, 9.17) is 5.73 Å². The second-order valence-electron chi connectivity index (χ2n) is 5.68. The third-order valence-electron chi connectivity index (χ3n) is 4.06. The van der Waals surface area contributed by atoms with Crippen molar-refractivity contribution in [2.24, 2.45) is 5.73 Å². The molecule has 1 aliphatic carbocycles. The molecule has 1 heterocycles. The minimum Gasteiger partial charge on any atom is -0.364 e. The maximum absolute atomic E-state index is 11.9. The van der Waals surface area contributed by atoms with Gasteiger partial charge in [-0.1, -0.05) is 12.8 Å². The van der Waals surface area contributed by atoms with Crippen LogP contribution >= 0.6 is 0 Å². The zero-order valence-electron chi connectivity index (χ0n) is 12.9. The van der Waals surface area contributed by atoms with Gasteiger partial charge in [-0.2, -0.15) is 0 Å². The Bertz CT molecular complexity index is 511. The van der Waals surface area contributed by atoms with Gasteiger partial charge < -0.3 is 16.0 Å². The standard InChI is InChI=1S/C15H23N5O2/c1-20(11-5-2-3-6-11)8-4-7-17-15(22)13-10-18-12(9-19-13)14(16)21/h9-11H,2-8H2,1H3,(H2,16,21)(H,17,22). The minimum atomic E-state index is -0.658. The summed E-state index contributed by atoms with van der Waals surface area (Å²) in [4.78, 5) is 32.8. The highest BCUT2D eigenvalue weighted by molar-refractivity contribution is 5.93. The van der Waals surface area contributed by atoms with Crippen LogP contribution in [0.4, 0.5) is 0 Å². The molecule has 0 atom stereocenters. The Morgan fingerprint density at radius 1 is 1.27 bits per heavy atom. The van der Waals surface area contributed by atoms with E-state index in [1.165, 1.54) is 38.1 Å². The fourth-order valence-corrected chi connectivity index (χ4v) is 2.72. The predicted molar refractivity (Wildman–Crippen MR) is 82.4 cm³/mol. The highest BCUT2D eigenvalue weighted by Crippen LogP contribution is 2.22. The van der Waals surface area contributed by atoms with Crippen LogP contribution < -0.4 is 11.1 Å². The molecule has 0 spiro atoms. The van der Waals surface area contributed by atoms with Gasteiger partial charge in [0, 0.05) is 12.6 Å². The van der Waals surface area contributed by atoms with E-state index in [0.29, 0.717) is 12.6 Å². The quantitative estimate of drug-likeness (QED) is 0.717. The number of rotatable bonds is 7. The summed E-state index contributed by atoms with van der Waals surface area (Å²) in [6.45, 7) is 1.56. The number of hydrogen-bond acceptors (Lipinski definition) is 5. The Morgan fingerprint density at radius 2 is 1.91 bits per heavy atom. The average molecular weight is 305 g/mol. The molecule has 1 aliphatic rings. The molecule has 1 saturated carbocycles. The number of hydrogen-bond donors (Lipinski definition) is 2. The van der Waals surface area contributed by atoms with Crippen LogP contribution in [0.5, 0.6) is 0 Å². The van der Waals surface area contributed by atoms with Crippen LogP contribution in [0.25, 0.3) is 0 Å². The van der Waals surface area contributed by atoms with E-state index in [1.54, 1.807) is 0 Å². The van der Waals surface area contributed by atoms with Gasteiger partial charge in [-0.15, -0.1) is 0 Å². The van der Waals surface area contributed by atoms with Crippen LogP contribution in [0.2, 0.25) is 0 Å². The van der Waals surface area contributed by atoms with Crippen LogP contribution in [0.3, 0.4) is 0 Å². The third kappa shape index (κ3) is 4.49. The van der Waals surface area contributed by atoms with Gasteiger partial charge >= 0.3 is 0 Å². The van der Waals surface area contributed by atoms with E-state index in [9.17, 15) is 9.59 Å². The molecular weight excluding hydrogens is 282 g/mol. The summed E-state index contributed by atoms with van der Waals surface area (Å²) in [5.41, 5.74) is 5.31. The molecule has 0 unspecified atom stereocenters. The normalized spacial score (nSPS) is 15.2. The van der Waals surface area contributed by atoms with Crippen molar-refractivity contribution < 1.29 is 9.59 Å². The van der Waals surface area contributed by atoms with Crippen LogP contribution in [-0.4, -0.2) is 52.9 Å². The number of nitrogens with one attached hydrogen (secondary N) is 1. The van der Waals surface area contributed by atoms with E-state index in [2.05, 4.69) is 27.2 Å². The van der Waals surface area contributed by atoms with Gasteiger partial charge in [0.05, 0.1) is 12.4 Å². The molecule has 7 nitrogen and oxygen atoms in total. The van der Waals surface area contributed by atoms with E-state index in [-0.39, 0.29) is 17.3 Å². The lowest BCUT2D eigenvalue weighted by atomic mass is 10.2. The Balaban J connectivity index is 1.69. The maximum atomic E-state index is 11.9. The number of amides is 2. The van der Waals surface area contributed by atoms with Crippen molar-refractivity contribution in [2.75, 3.05) is 20.1 Å². The van der Waals surface area contributed by atoms with Gasteiger partial charge in [-0.3, -0.25) is 9.59 Å². The van der Waals surface area contributed by atoms with Crippen molar-refractivity contribution in [3.63, 3.8) is 0 Å². The maximum Gasteiger partial charge on any atom is 0.271 e. The molecule has 1 fully saturated rings. The van der Waals surface area contributed by atoms with Crippen molar-refractivity contribution in [1.29, 1.82) is 0 Å². The summed E-state index contributed by atoms with van der Waals surface area (Å²) in [7, 11) is 2.14. The number of carbonyl (C=O) groups excluding carboxylic acids is 2. The van der Waals surface area contributed by atoms with E-state index >= 15 is 0 Å². The first-order chi connectivity index (χ1) is 10.6. The molecule has 120 valence electrons. The van der Waals surface area contributed by atoms with Gasteiger partial charge in [-0.05, 0) is 32.9 Å². The molecule has 2 amide bonds. The van der Waals surface area contributed by atoms with Gasteiger partial charge in [0.25, 0.3) is 11.8 Å². The number of nitrogens with two attached hydrogens (primary N) is 1. The molecule has 0 saturated heterocycles. The third-order valence-corrected chi connectivity index (χ3v) is 4.06. The molecule has 7 heteroatoms. The number of carbonyl (C=O) groups is 2. The average Bonchev–Trinajstić information content (AvgIpc) is 3.05. The van der Waals surface area contributed by atoms with Crippen LogP contribution in [0.15, 0.2) is 12.4 Å². The van der Waals surface area contributed by atoms with Gasteiger partial charge in [0.15, 0.2) is 0 Å². The first kappa shape index (κ1) is 16.4. The van der Waals surface area contributed by atoms with Crippen molar-refractivity contribution in [3.8, 4) is 0 Å². The molecule has 1 aromatic rings. The molecule has 3 N–H and O–H groups in total. The van der Waals surface area contributed by atoms with Gasteiger partial charge in [-0.25, -0.2) is 9.97 Å². The highest BCUT2D eigenvalue weighted by atomic mass is 16.2. The molecular formula is C15H23N5O2. The lowest BCUT2D eigenvalue weighted by Gasteiger charge is -2.23. The van der Waals surface area contributed by atoms with Crippen molar-refractivity contribution >= 4 is 11.8 Å². The fraction of sp³-hybridized carbons (Fsp3) is 0.600. The SMILES string of the molecule is CN(CCCNC(=O)c1cnc(C(N)=O)cn1)C1CCCC1. The van der Waals surface area contributed by atoms with Gasteiger partial charge in [0.2, 0.25) is 0 Å². The first-order valence-corrected chi connectivity index (χ1v) is 7.68. The van der Waals surface area contributed by atoms with Crippen LogP contribution in [-0.2, 0) is 0 Å². The van der Waals surface area contributed by atoms with Crippen molar-refractivity contribution in [1.82, 2.24) is 20.2 Å². The van der Waals surface area contributed by atoms with Gasteiger partial charge in [0.1, 0.15) is 11.4 Å². The number of nitrogens with zero attached hydrogens (tertiary/aromatic N) is 3. The second-order valence-corrected chi connectivity index (χ2v) is 5.68. The van der Waals surface area contributed by atoms with Crippen molar-refractivity contribution in [3.05, 3.63) is 23.8 Å².